The lowest BCUT2D eigenvalue weighted by Gasteiger charge is -2.11. The van der Waals surface area contributed by atoms with E-state index in [4.69, 9.17) is 16.0 Å². The van der Waals surface area contributed by atoms with E-state index in [1.165, 1.54) is 0 Å². The number of aromatic nitrogens is 1. The van der Waals surface area contributed by atoms with Crippen LogP contribution < -0.4 is 5.32 Å². The number of nitrogens with one attached hydrogen (secondary N) is 1. The molecule has 1 amide bonds. The third-order valence-corrected chi connectivity index (χ3v) is 4.18. The molecule has 3 rings (SSSR count). The predicted octanol–water partition coefficient (Wildman–Crippen LogP) is 5.11. The summed E-state index contributed by atoms with van der Waals surface area (Å²) < 4.78 is 5.78. The maximum absolute atomic E-state index is 12.3. The molecule has 1 aromatic carbocycles. The monoisotopic (exact) mass is 378 g/mol. The Balaban J connectivity index is 2.07. The van der Waals surface area contributed by atoms with Crippen molar-refractivity contribution < 1.29 is 9.21 Å². The van der Waals surface area contributed by atoms with Crippen LogP contribution >= 0.6 is 27.5 Å². The molecule has 2 aromatic heterocycles. The summed E-state index contributed by atoms with van der Waals surface area (Å²) in [6.45, 7) is 3.78. The lowest BCUT2D eigenvalue weighted by molar-refractivity contribution is 0.0995. The number of carbonyl (C=O) groups is 1. The van der Waals surface area contributed by atoms with E-state index in [1.54, 1.807) is 18.2 Å². The summed E-state index contributed by atoms with van der Waals surface area (Å²) in [6, 6.07) is 8.76. The van der Waals surface area contributed by atoms with Crippen LogP contribution in [0.3, 0.4) is 0 Å². The summed E-state index contributed by atoms with van der Waals surface area (Å²) in [6.07, 6.45) is 0. The Morgan fingerprint density at radius 2 is 2.05 bits per heavy atom. The number of hydrogen-bond donors (Lipinski definition) is 1. The van der Waals surface area contributed by atoms with E-state index in [0.29, 0.717) is 15.4 Å². The molecule has 6 heteroatoms. The second-order valence-electron chi connectivity index (χ2n) is 4.94. The van der Waals surface area contributed by atoms with E-state index in [2.05, 4.69) is 26.2 Å². The first-order valence-corrected chi connectivity index (χ1v) is 7.76. The maximum Gasteiger partial charge on any atom is 0.291 e. The van der Waals surface area contributed by atoms with E-state index in [9.17, 15) is 4.79 Å². The molecule has 0 atom stereocenters. The Morgan fingerprint density at radius 3 is 2.73 bits per heavy atom. The SMILES string of the molecule is Cc1cc(NC(=O)c2ccc(Br)o2)c2ccc(Cl)c(C)c2n1. The molecule has 1 N–H and O–H groups in total. The van der Waals surface area contributed by atoms with Crippen LogP contribution in [0.2, 0.25) is 5.02 Å². The van der Waals surface area contributed by atoms with Crippen LogP contribution in [0.15, 0.2) is 39.4 Å². The molecular weight excluding hydrogens is 368 g/mol. The summed E-state index contributed by atoms with van der Waals surface area (Å²) in [5.41, 5.74) is 3.15. The average Bonchev–Trinajstić information content (AvgIpc) is 2.90. The number of benzene rings is 1. The number of furan rings is 1. The Labute approximate surface area is 140 Å². The fourth-order valence-electron chi connectivity index (χ4n) is 2.26. The quantitative estimate of drug-likeness (QED) is 0.673. The van der Waals surface area contributed by atoms with Gasteiger partial charge in [0, 0.05) is 16.1 Å². The number of hydrogen-bond acceptors (Lipinski definition) is 3. The van der Waals surface area contributed by atoms with E-state index in [-0.39, 0.29) is 11.7 Å². The van der Waals surface area contributed by atoms with Crippen LogP contribution in [0.25, 0.3) is 10.9 Å². The molecule has 0 aliphatic heterocycles. The van der Waals surface area contributed by atoms with Crippen LogP contribution in [0.5, 0.6) is 0 Å². The Hall–Kier alpha value is -1.85. The number of amides is 1. The topological polar surface area (TPSA) is 55.1 Å². The molecule has 2 heterocycles. The van der Waals surface area contributed by atoms with E-state index >= 15 is 0 Å². The fraction of sp³-hybridized carbons (Fsp3) is 0.125. The van der Waals surface area contributed by atoms with Crippen LogP contribution in [-0.2, 0) is 0 Å². The summed E-state index contributed by atoms with van der Waals surface area (Å²) >= 11 is 9.33. The molecule has 0 unspecified atom stereocenters. The third-order valence-electron chi connectivity index (χ3n) is 3.34. The lowest BCUT2D eigenvalue weighted by Crippen LogP contribution is -2.11. The number of pyridine rings is 1. The van der Waals surface area contributed by atoms with Crippen molar-refractivity contribution >= 4 is 50.0 Å². The highest BCUT2D eigenvalue weighted by Crippen LogP contribution is 2.30. The molecule has 0 saturated carbocycles. The largest absolute Gasteiger partial charge is 0.444 e. The van der Waals surface area contributed by atoms with Crippen molar-refractivity contribution in [1.29, 1.82) is 0 Å². The molecule has 4 nitrogen and oxygen atoms in total. The van der Waals surface area contributed by atoms with Gasteiger partial charge in [0.15, 0.2) is 10.4 Å². The molecular formula is C16H12BrClN2O2. The summed E-state index contributed by atoms with van der Waals surface area (Å²) in [7, 11) is 0. The standard InChI is InChI=1S/C16H12BrClN2O2/c1-8-7-12(20-16(21)13-5-6-14(17)22-13)10-3-4-11(18)9(2)15(10)19-8/h3-7H,1-2H3,(H,19,20,21). The number of rotatable bonds is 2. The van der Waals surface area contributed by atoms with Gasteiger partial charge >= 0.3 is 0 Å². The molecule has 0 fully saturated rings. The van der Waals surface area contributed by atoms with Gasteiger partial charge in [-0.2, -0.15) is 0 Å². The number of nitrogens with zero attached hydrogens (tertiary/aromatic N) is 1. The Morgan fingerprint density at radius 1 is 1.27 bits per heavy atom. The molecule has 3 aromatic rings. The van der Waals surface area contributed by atoms with E-state index < -0.39 is 0 Å². The van der Waals surface area contributed by atoms with Gasteiger partial charge in [0.05, 0.1) is 11.2 Å². The molecule has 0 aliphatic rings. The highest BCUT2D eigenvalue weighted by Gasteiger charge is 2.14. The minimum absolute atomic E-state index is 0.236. The number of fused-ring (bicyclic) bond motifs is 1. The van der Waals surface area contributed by atoms with Gasteiger partial charge in [-0.25, -0.2) is 0 Å². The number of halogens is 2. The van der Waals surface area contributed by atoms with Crippen molar-refractivity contribution in [2.24, 2.45) is 0 Å². The zero-order valence-electron chi connectivity index (χ0n) is 11.9. The summed E-state index contributed by atoms with van der Waals surface area (Å²) in [4.78, 5) is 16.8. The van der Waals surface area contributed by atoms with E-state index in [1.807, 2.05) is 26.0 Å². The molecule has 0 saturated heterocycles. The second-order valence-corrected chi connectivity index (χ2v) is 6.13. The molecule has 0 radical (unpaired) electrons. The predicted molar refractivity (Wildman–Crippen MR) is 90.6 cm³/mol. The zero-order valence-corrected chi connectivity index (χ0v) is 14.2. The van der Waals surface area contributed by atoms with Crippen molar-refractivity contribution in [3.63, 3.8) is 0 Å². The van der Waals surface area contributed by atoms with Crippen molar-refractivity contribution in [2.45, 2.75) is 13.8 Å². The van der Waals surface area contributed by atoms with Crippen LogP contribution in [0, 0.1) is 13.8 Å². The first-order chi connectivity index (χ1) is 10.5. The van der Waals surface area contributed by atoms with Gasteiger partial charge in [-0.15, -0.1) is 0 Å². The fourth-order valence-corrected chi connectivity index (χ4v) is 2.71. The van der Waals surface area contributed by atoms with Gasteiger partial charge in [0.25, 0.3) is 5.91 Å². The van der Waals surface area contributed by atoms with Crippen LogP contribution in [0.1, 0.15) is 21.8 Å². The van der Waals surface area contributed by atoms with Crippen molar-refractivity contribution in [1.82, 2.24) is 4.98 Å². The number of aryl methyl sites for hydroxylation is 2. The zero-order chi connectivity index (χ0) is 15.9. The molecule has 0 spiro atoms. The van der Waals surface area contributed by atoms with Crippen molar-refractivity contribution in [3.05, 3.63) is 57.0 Å². The Bertz CT molecular complexity index is 889. The van der Waals surface area contributed by atoms with E-state index in [0.717, 1.165) is 22.2 Å². The minimum Gasteiger partial charge on any atom is -0.444 e. The minimum atomic E-state index is -0.315. The third kappa shape index (κ3) is 2.74. The molecule has 0 aliphatic carbocycles. The second kappa shape index (κ2) is 5.74. The number of carbonyl (C=O) groups excluding carboxylic acids is 1. The summed E-state index contributed by atoms with van der Waals surface area (Å²) in [5.74, 6) is -0.0784. The molecule has 112 valence electrons. The highest BCUT2D eigenvalue weighted by atomic mass is 79.9. The van der Waals surface area contributed by atoms with Crippen LogP contribution in [0.4, 0.5) is 5.69 Å². The van der Waals surface area contributed by atoms with Crippen molar-refractivity contribution in [3.8, 4) is 0 Å². The van der Waals surface area contributed by atoms with Gasteiger partial charge in [-0.05, 0) is 65.7 Å². The maximum atomic E-state index is 12.3. The first kappa shape index (κ1) is 15.1. The van der Waals surface area contributed by atoms with Gasteiger partial charge < -0.3 is 9.73 Å². The van der Waals surface area contributed by atoms with Gasteiger partial charge in [-0.1, -0.05) is 11.6 Å². The highest BCUT2D eigenvalue weighted by molar-refractivity contribution is 9.10. The van der Waals surface area contributed by atoms with Gasteiger partial charge in [0.2, 0.25) is 0 Å². The van der Waals surface area contributed by atoms with Gasteiger partial charge in [-0.3, -0.25) is 9.78 Å². The smallest absolute Gasteiger partial charge is 0.291 e. The lowest BCUT2D eigenvalue weighted by atomic mass is 10.1. The number of anilines is 1. The summed E-state index contributed by atoms with van der Waals surface area (Å²) in [5, 5.41) is 4.36. The van der Waals surface area contributed by atoms with Crippen LogP contribution in [-0.4, -0.2) is 10.9 Å². The Kier molecular flexibility index (Phi) is 3.93. The molecule has 0 bridgehead atoms. The van der Waals surface area contributed by atoms with Crippen molar-refractivity contribution in [2.75, 3.05) is 5.32 Å². The normalized spacial score (nSPS) is 10.9. The first-order valence-electron chi connectivity index (χ1n) is 6.59. The van der Waals surface area contributed by atoms with Gasteiger partial charge in [0.1, 0.15) is 0 Å². The average molecular weight is 380 g/mol. The molecule has 22 heavy (non-hydrogen) atoms.